The number of methoxy groups -OCH3 is 3. The summed E-state index contributed by atoms with van der Waals surface area (Å²) in [7, 11) is 4.74. The average molecular weight is 335 g/mol. The van der Waals surface area contributed by atoms with Crippen LogP contribution in [0.5, 0.6) is 17.2 Å². The van der Waals surface area contributed by atoms with Gasteiger partial charge >= 0.3 is 0 Å². The molecule has 0 saturated heterocycles. The zero-order valence-corrected chi connectivity index (χ0v) is 14.2. The number of hydrogen-bond donors (Lipinski definition) is 0. The lowest BCUT2D eigenvalue weighted by atomic mass is 10.0. The van der Waals surface area contributed by atoms with Crippen molar-refractivity contribution in [3.05, 3.63) is 59.0 Å². The topological polar surface area (TPSA) is 49.2 Å². The fourth-order valence-electron chi connectivity index (χ4n) is 3.20. The summed E-state index contributed by atoms with van der Waals surface area (Å²) in [6, 6.07) is 11.5. The van der Waals surface area contributed by atoms with Gasteiger partial charge in [-0.1, -0.05) is 6.07 Å². The van der Waals surface area contributed by atoms with Crippen molar-refractivity contribution in [1.82, 2.24) is 4.40 Å². The van der Waals surface area contributed by atoms with Crippen molar-refractivity contribution in [2.24, 2.45) is 0 Å². The summed E-state index contributed by atoms with van der Waals surface area (Å²) in [6.07, 6.45) is 3.77. The summed E-state index contributed by atoms with van der Waals surface area (Å²) < 4.78 is 17.9. The molecule has 4 rings (SSSR count). The van der Waals surface area contributed by atoms with E-state index in [-0.39, 0.29) is 5.43 Å². The maximum Gasteiger partial charge on any atom is 0.229 e. The Kier molecular flexibility index (Phi) is 3.50. The first-order valence-corrected chi connectivity index (χ1v) is 7.83. The van der Waals surface area contributed by atoms with Crippen LogP contribution in [0.1, 0.15) is 0 Å². The van der Waals surface area contributed by atoms with E-state index in [4.69, 9.17) is 14.2 Å². The molecule has 0 radical (unpaired) electrons. The highest BCUT2D eigenvalue weighted by molar-refractivity contribution is 5.99. The molecule has 0 spiro atoms. The van der Waals surface area contributed by atoms with E-state index in [0.717, 1.165) is 21.9 Å². The minimum Gasteiger partial charge on any atom is -0.493 e. The van der Waals surface area contributed by atoms with Gasteiger partial charge in [-0.3, -0.25) is 4.79 Å². The van der Waals surface area contributed by atoms with Gasteiger partial charge in [0.15, 0.2) is 17.2 Å². The predicted molar refractivity (Wildman–Crippen MR) is 97.5 cm³/mol. The van der Waals surface area contributed by atoms with Crippen LogP contribution in [0.2, 0.25) is 0 Å². The molecular weight excluding hydrogens is 318 g/mol. The largest absolute Gasteiger partial charge is 0.493 e. The van der Waals surface area contributed by atoms with E-state index in [1.165, 1.54) is 7.11 Å². The predicted octanol–water partition coefficient (Wildman–Crippen LogP) is 3.58. The third-order valence-electron chi connectivity index (χ3n) is 4.50. The minimum absolute atomic E-state index is 0.109. The molecule has 5 heteroatoms. The lowest BCUT2D eigenvalue weighted by Crippen LogP contribution is -2.10. The highest BCUT2D eigenvalue weighted by Gasteiger charge is 2.14. The van der Waals surface area contributed by atoms with Gasteiger partial charge in [0, 0.05) is 23.3 Å². The van der Waals surface area contributed by atoms with Crippen molar-refractivity contribution >= 4 is 16.3 Å². The van der Waals surface area contributed by atoms with Crippen LogP contribution in [0.15, 0.2) is 53.6 Å². The molecule has 0 saturated carbocycles. The molecule has 2 heterocycles. The number of nitrogens with zero attached hydrogens (tertiary/aromatic N) is 1. The molecule has 1 aromatic carbocycles. The van der Waals surface area contributed by atoms with Gasteiger partial charge in [-0.2, -0.15) is 0 Å². The van der Waals surface area contributed by atoms with Crippen LogP contribution in [-0.4, -0.2) is 25.7 Å². The second-order valence-corrected chi connectivity index (χ2v) is 5.78. The van der Waals surface area contributed by atoms with Crippen molar-refractivity contribution in [2.45, 2.75) is 0 Å². The van der Waals surface area contributed by atoms with Gasteiger partial charge in [0.05, 0.1) is 26.8 Å². The maximum atomic E-state index is 12.5. The number of aromatic nitrogens is 1. The Morgan fingerprint density at radius 2 is 1.56 bits per heavy atom. The van der Waals surface area contributed by atoms with Crippen LogP contribution >= 0.6 is 0 Å². The number of pyridine rings is 2. The van der Waals surface area contributed by atoms with Crippen LogP contribution in [0, 0.1) is 0 Å². The minimum atomic E-state index is -0.109. The molecule has 25 heavy (non-hydrogen) atoms. The Balaban J connectivity index is 2.11. The van der Waals surface area contributed by atoms with Crippen molar-refractivity contribution in [3.63, 3.8) is 0 Å². The zero-order valence-electron chi connectivity index (χ0n) is 14.2. The highest BCUT2D eigenvalue weighted by atomic mass is 16.5. The van der Waals surface area contributed by atoms with Gasteiger partial charge in [-0.15, -0.1) is 0 Å². The summed E-state index contributed by atoms with van der Waals surface area (Å²) in [5.74, 6) is 1.70. The zero-order chi connectivity index (χ0) is 17.6. The molecule has 0 N–H and O–H groups in total. The summed E-state index contributed by atoms with van der Waals surface area (Å²) in [6.45, 7) is 0. The van der Waals surface area contributed by atoms with Crippen molar-refractivity contribution in [2.75, 3.05) is 21.3 Å². The van der Waals surface area contributed by atoms with Crippen molar-refractivity contribution in [1.29, 1.82) is 0 Å². The molecule has 2 aliphatic rings. The number of rotatable bonds is 3. The van der Waals surface area contributed by atoms with E-state index in [9.17, 15) is 4.79 Å². The monoisotopic (exact) mass is 335 g/mol. The lowest BCUT2D eigenvalue weighted by Gasteiger charge is -2.14. The summed E-state index contributed by atoms with van der Waals surface area (Å²) in [4.78, 5) is 12.5. The molecule has 126 valence electrons. The molecule has 0 atom stereocenters. The first-order valence-electron chi connectivity index (χ1n) is 7.83. The van der Waals surface area contributed by atoms with Gasteiger partial charge in [0.25, 0.3) is 0 Å². The quantitative estimate of drug-likeness (QED) is 0.424. The molecule has 5 nitrogen and oxygen atoms in total. The third kappa shape index (κ3) is 2.28. The first kappa shape index (κ1) is 15.3. The molecule has 1 aliphatic heterocycles. The van der Waals surface area contributed by atoms with Crippen molar-refractivity contribution in [3.8, 4) is 28.4 Å². The Morgan fingerprint density at radius 3 is 2.28 bits per heavy atom. The summed E-state index contributed by atoms with van der Waals surface area (Å²) >= 11 is 0. The molecule has 0 unspecified atom stereocenters. The Hall–Kier alpha value is -3.21. The first-order chi connectivity index (χ1) is 12.2. The molecule has 2 aromatic rings. The maximum absolute atomic E-state index is 12.5. The van der Waals surface area contributed by atoms with E-state index >= 15 is 0 Å². The average Bonchev–Trinajstić information content (AvgIpc) is 2.66. The van der Waals surface area contributed by atoms with Gasteiger partial charge < -0.3 is 18.6 Å². The van der Waals surface area contributed by atoms with Gasteiger partial charge in [0.1, 0.15) is 0 Å². The Labute approximate surface area is 144 Å². The van der Waals surface area contributed by atoms with Gasteiger partial charge in [-0.05, 0) is 41.3 Å². The molecule has 1 aromatic heterocycles. The second kappa shape index (κ2) is 5.70. The van der Waals surface area contributed by atoms with Crippen LogP contribution in [-0.2, 0) is 0 Å². The highest BCUT2D eigenvalue weighted by Crippen LogP contribution is 2.35. The number of ether oxygens (including phenoxy) is 3. The number of hydrogen-bond acceptors (Lipinski definition) is 4. The summed E-state index contributed by atoms with van der Waals surface area (Å²) in [5, 5.41) is 2.05. The van der Waals surface area contributed by atoms with Crippen LogP contribution in [0.3, 0.4) is 0 Å². The second-order valence-electron chi connectivity index (χ2n) is 5.78. The number of benzene rings is 2. The van der Waals surface area contributed by atoms with Crippen LogP contribution in [0.4, 0.5) is 0 Å². The fourth-order valence-corrected chi connectivity index (χ4v) is 3.20. The van der Waals surface area contributed by atoms with Gasteiger partial charge in [0.2, 0.25) is 5.43 Å². The lowest BCUT2D eigenvalue weighted by molar-refractivity contribution is 0.356. The summed E-state index contributed by atoms with van der Waals surface area (Å²) in [5.41, 5.74) is 2.36. The van der Waals surface area contributed by atoms with E-state index in [2.05, 4.69) is 0 Å². The van der Waals surface area contributed by atoms with Gasteiger partial charge in [-0.25, -0.2) is 0 Å². The number of fused-ring (bicyclic) bond motifs is 4. The standard InChI is InChI=1S/C20H17NO4/c1-23-17-5-4-12-8-16-14-10-19(25-3)18(24-2)9-13(14)6-7-21(16)11-15(12)20(17)22/h4-11H,1-3H3. The van der Waals surface area contributed by atoms with Crippen LogP contribution < -0.4 is 19.6 Å². The normalized spacial score (nSPS) is 11.2. The third-order valence-corrected chi connectivity index (χ3v) is 4.50. The Morgan fingerprint density at radius 1 is 0.840 bits per heavy atom. The SMILES string of the molecule is COc1cc2ccn3cc4c(=O)c(OC)ccc-4cc3c2cc1OC. The van der Waals surface area contributed by atoms with Crippen LogP contribution in [0.25, 0.3) is 27.4 Å². The molecule has 0 fully saturated rings. The molecule has 0 bridgehead atoms. The molecule has 1 aliphatic carbocycles. The smallest absolute Gasteiger partial charge is 0.229 e. The molecule has 0 amide bonds. The fraction of sp³-hybridized carbons (Fsp3) is 0.150. The van der Waals surface area contributed by atoms with E-state index in [0.29, 0.717) is 22.8 Å². The Bertz CT molecular complexity index is 1130. The van der Waals surface area contributed by atoms with Crippen molar-refractivity contribution < 1.29 is 14.2 Å². The van der Waals surface area contributed by atoms with E-state index in [1.807, 2.05) is 47.1 Å². The van der Waals surface area contributed by atoms with E-state index in [1.54, 1.807) is 20.3 Å². The molecular formula is C20H17NO4. The van der Waals surface area contributed by atoms with E-state index < -0.39 is 0 Å².